The third-order valence-electron chi connectivity index (χ3n) is 2.34. The molecule has 0 aliphatic heterocycles. The minimum atomic E-state index is -0.874. The van der Waals surface area contributed by atoms with Crippen LogP contribution in [0.1, 0.15) is 23.1 Å². The molecule has 0 radical (unpaired) electrons. The van der Waals surface area contributed by atoms with Gasteiger partial charge in [-0.25, -0.2) is 0 Å². The molecule has 0 aromatic heterocycles. The zero-order valence-corrected chi connectivity index (χ0v) is 7.71. The molecule has 14 heavy (non-hydrogen) atoms. The highest BCUT2D eigenvalue weighted by Crippen LogP contribution is 2.23. The molecule has 0 unspecified atom stereocenters. The van der Waals surface area contributed by atoms with E-state index in [2.05, 4.69) is 17.9 Å². The van der Waals surface area contributed by atoms with Gasteiger partial charge in [0.1, 0.15) is 6.42 Å². The molecule has 1 aliphatic carbocycles. The van der Waals surface area contributed by atoms with Crippen LogP contribution in [-0.4, -0.2) is 11.1 Å². The summed E-state index contributed by atoms with van der Waals surface area (Å²) in [6.45, 7) is 0. The van der Waals surface area contributed by atoms with Crippen LogP contribution in [0.4, 0.5) is 0 Å². The average molecular weight is 186 g/mol. The van der Waals surface area contributed by atoms with Gasteiger partial charge in [0.05, 0.1) is 0 Å². The van der Waals surface area contributed by atoms with Crippen molar-refractivity contribution in [3.8, 4) is 11.8 Å². The Morgan fingerprint density at radius 3 is 2.71 bits per heavy atom. The second-order valence-electron chi connectivity index (χ2n) is 3.36. The van der Waals surface area contributed by atoms with Gasteiger partial charge in [0, 0.05) is 5.56 Å². The second kappa shape index (κ2) is 3.55. The second-order valence-corrected chi connectivity index (χ2v) is 3.36. The topological polar surface area (TPSA) is 37.3 Å². The Kier molecular flexibility index (Phi) is 2.24. The van der Waals surface area contributed by atoms with E-state index in [1.807, 2.05) is 12.1 Å². The molecule has 2 rings (SSSR count). The van der Waals surface area contributed by atoms with Crippen LogP contribution in [0.25, 0.3) is 0 Å². The Morgan fingerprint density at radius 1 is 1.36 bits per heavy atom. The summed E-state index contributed by atoms with van der Waals surface area (Å²) in [6.07, 6.45) is 2.21. The Hall–Kier alpha value is -1.75. The Labute approximate surface area is 82.6 Å². The lowest BCUT2D eigenvalue weighted by Gasteiger charge is -2.17. The van der Waals surface area contributed by atoms with Crippen molar-refractivity contribution < 1.29 is 9.90 Å². The molecule has 0 saturated heterocycles. The summed E-state index contributed by atoms with van der Waals surface area (Å²) in [5.74, 6) is 4.60. The summed E-state index contributed by atoms with van der Waals surface area (Å²) in [7, 11) is 0. The third kappa shape index (κ3) is 1.77. The van der Waals surface area contributed by atoms with E-state index >= 15 is 0 Å². The number of hydrogen-bond donors (Lipinski definition) is 1. The minimum Gasteiger partial charge on any atom is -0.481 e. The molecule has 2 heteroatoms. The molecular formula is C12H10O2. The van der Waals surface area contributed by atoms with Gasteiger partial charge in [-0.05, 0) is 36.1 Å². The molecule has 0 saturated carbocycles. The zero-order valence-electron chi connectivity index (χ0n) is 7.71. The van der Waals surface area contributed by atoms with Crippen molar-refractivity contribution in [1.82, 2.24) is 0 Å². The van der Waals surface area contributed by atoms with Crippen molar-refractivity contribution in [1.29, 1.82) is 0 Å². The normalized spacial score (nSPS) is 12.0. The fraction of sp³-hybridized carbons (Fsp3) is 0.250. The molecule has 1 N–H and O–H groups in total. The molecule has 1 aromatic carbocycles. The standard InChI is InChI=1S/C12H10O2/c13-12(14)3-1-2-9-4-5-10-6-7-11(10)8-9/h4-5,8H,3,6-7H2,(H,13,14). The smallest absolute Gasteiger partial charge is 0.315 e. The highest BCUT2D eigenvalue weighted by Gasteiger charge is 2.11. The summed E-state index contributed by atoms with van der Waals surface area (Å²) in [5, 5.41) is 8.40. The van der Waals surface area contributed by atoms with Gasteiger partial charge in [0.25, 0.3) is 0 Å². The van der Waals surface area contributed by atoms with Gasteiger partial charge in [0.2, 0.25) is 0 Å². The van der Waals surface area contributed by atoms with Crippen LogP contribution in [0.2, 0.25) is 0 Å². The summed E-state index contributed by atoms with van der Waals surface area (Å²) in [6, 6.07) is 6.07. The third-order valence-corrected chi connectivity index (χ3v) is 2.34. The summed E-state index contributed by atoms with van der Waals surface area (Å²) in [4.78, 5) is 10.2. The van der Waals surface area contributed by atoms with Crippen LogP contribution in [0.15, 0.2) is 18.2 Å². The molecule has 0 bridgehead atoms. The number of aliphatic carboxylic acids is 1. The fourth-order valence-electron chi connectivity index (χ4n) is 1.49. The first-order valence-corrected chi connectivity index (χ1v) is 4.58. The zero-order chi connectivity index (χ0) is 9.97. The molecule has 0 amide bonds. The van der Waals surface area contributed by atoms with E-state index in [1.165, 1.54) is 11.1 Å². The number of carbonyl (C=O) groups is 1. The van der Waals surface area contributed by atoms with Crippen LogP contribution in [0.5, 0.6) is 0 Å². The van der Waals surface area contributed by atoms with Crippen LogP contribution < -0.4 is 0 Å². The fourth-order valence-corrected chi connectivity index (χ4v) is 1.49. The molecule has 0 fully saturated rings. The van der Waals surface area contributed by atoms with E-state index in [-0.39, 0.29) is 6.42 Å². The maximum Gasteiger partial charge on any atom is 0.315 e. The first-order valence-electron chi connectivity index (χ1n) is 4.58. The van der Waals surface area contributed by atoms with Crippen molar-refractivity contribution in [2.75, 3.05) is 0 Å². The van der Waals surface area contributed by atoms with Gasteiger partial charge in [-0.15, -0.1) is 0 Å². The van der Waals surface area contributed by atoms with Gasteiger partial charge >= 0.3 is 5.97 Å². The van der Waals surface area contributed by atoms with Gasteiger partial charge < -0.3 is 5.11 Å². The van der Waals surface area contributed by atoms with E-state index in [4.69, 9.17) is 5.11 Å². The molecular weight excluding hydrogens is 176 g/mol. The van der Waals surface area contributed by atoms with Crippen molar-refractivity contribution in [2.24, 2.45) is 0 Å². The van der Waals surface area contributed by atoms with E-state index in [0.717, 1.165) is 18.4 Å². The lowest BCUT2D eigenvalue weighted by atomic mass is 9.87. The summed E-state index contributed by atoms with van der Waals surface area (Å²) >= 11 is 0. The predicted molar refractivity (Wildman–Crippen MR) is 53.0 cm³/mol. The molecule has 1 aliphatic rings. The lowest BCUT2D eigenvalue weighted by molar-refractivity contribution is -0.135. The maximum atomic E-state index is 10.2. The minimum absolute atomic E-state index is 0.0862. The molecule has 0 spiro atoms. The van der Waals surface area contributed by atoms with Gasteiger partial charge in [0.15, 0.2) is 0 Å². The van der Waals surface area contributed by atoms with Crippen LogP contribution in [-0.2, 0) is 17.6 Å². The first-order chi connectivity index (χ1) is 6.75. The van der Waals surface area contributed by atoms with Crippen molar-refractivity contribution in [3.05, 3.63) is 34.9 Å². The Morgan fingerprint density at radius 2 is 2.14 bits per heavy atom. The van der Waals surface area contributed by atoms with Crippen molar-refractivity contribution in [2.45, 2.75) is 19.3 Å². The quantitative estimate of drug-likeness (QED) is 0.676. The largest absolute Gasteiger partial charge is 0.481 e. The molecule has 0 atom stereocenters. The van der Waals surface area contributed by atoms with Crippen LogP contribution >= 0.6 is 0 Å². The van der Waals surface area contributed by atoms with Crippen LogP contribution in [0.3, 0.4) is 0 Å². The number of carboxylic acid groups (broad SMARTS) is 1. The highest BCUT2D eigenvalue weighted by atomic mass is 16.4. The lowest BCUT2D eigenvalue weighted by Crippen LogP contribution is -2.07. The first kappa shape index (κ1) is 8.83. The number of carboxylic acids is 1. The molecule has 0 heterocycles. The van der Waals surface area contributed by atoms with Crippen molar-refractivity contribution >= 4 is 5.97 Å². The van der Waals surface area contributed by atoms with Crippen molar-refractivity contribution in [3.63, 3.8) is 0 Å². The van der Waals surface area contributed by atoms with E-state index in [9.17, 15) is 4.79 Å². The van der Waals surface area contributed by atoms with Gasteiger partial charge in [-0.1, -0.05) is 17.9 Å². The predicted octanol–water partition coefficient (Wildman–Crippen LogP) is 1.61. The average Bonchev–Trinajstić information content (AvgIpc) is 2.09. The Bertz CT molecular complexity index is 435. The van der Waals surface area contributed by atoms with E-state index in [0.29, 0.717) is 0 Å². The number of benzene rings is 1. The summed E-state index contributed by atoms with van der Waals surface area (Å²) < 4.78 is 0. The van der Waals surface area contributed by atoms with Gasteiger partial charge in [-0.2, -0.15) is 0 Å². The SMILES string of the molecule is O=C(O)CC#Cc1ccc2c(c1)CC2. The molecule has 70 valence electrons. The Balaban J connectivity index is 2.12. The molecule has 2 nitrogen and oxygen atoms in total. The molecule has 1 aromatic rings. The summed E-state index contributed by atoms with van der Waals surface area (Å²) in [5.41, 5.74) is 3.67. The number of hydrogen-bond acceptors (Lipinski definition) is 1. The van der Waals surface area contributed by atoms with Crippen LogP contribution in [0, 0.1) is 11.8 Å². The maximum absolute atomic E-state index is 10.2. The number of fused-ring (bicyclic) bond motifs is 1. The number of rotatable bonds is 1. The monoisotopic (exact) mass is 186 g/mol. The van der Waals surface area contributed by atoms with E-state index < -0.39 is 5.97 Å². The highest BCUT2D eigenvalue weighted by molar-refractivity contribution is 5.70. The van der Waals surface area contributed by atoms with Gasteiger partial charge in [-0.3, -0.25) is 4.79 Å². The van der Waals surface area contributed by atoms with E-state index in [1.54, 1.807) is 0 Å². The number of aryl methyl sites for hydroxylation is 2.